The normalized spacial score (nSPS) is 13.7. The van der Waals surface area contributed by atoms with E-state index in [1.165, 1.54) is 31.2 Å². The molecule has 1 aliphatic carbocycles. The molecule has 0 aliphatic heterocycles. The van der Waals surface area contributed by atoms with Gasteiger partial charge in [0.25, 0.3) is 0 Å². The number of aryl methyl sites for hydroxylation is 2. The lowest BCUT2D eigenvalue weighted by Gasteiger charge is -2.15. The van der Waals surface area contributed by atoms with Gasteiger partial charge in [0.15, 0.2) is 10.5 Å². The SMILES string of the molecule is CC.CC.Cn1c(=NC2=CC(=Nc3sc4ccccc4[n+]3C)c3cccc4cccc2c34)sc2ccccc21. The summed E-state index contributed by atoms with van der Waals surface area (Å²) in [6.07, 6.45) is 2.14. The first-order valence-electron chi connectivity index (χ1n) is 13.5. The van der Waals surface area contributed by atoms with Gasteiger partial charge in [-0.2, -0.15) is 0 Å². The Balaban J connectivity index is 0.000000738. The van der Waals surface area contributed by atoms with Crippen LogP contribution < -0.4 is 9.37 Å². The Bertz CT molecular complexity index is 1930. The van der Waals surface area contributed by atoms with E-state index in [0.717, 1.165) is 32.5 Å². The number of allylic oxidation sites excluding steroid dienone is 1. The zero-order valence-electron chi connectivity index (χ0n) is 23.3. The predicted molar refractivity (Wildman–Crippen MR) is 170 cm³/mol. The number of rotatable bonds is 2. The zero-order valence-corrected chi connectivity index (χ0v) is 24.9. The van der Waals surface area contributed by atoms with Crippen molar-refractivity contribution in [2.45, 2.75) is 27.7 Å². The molecule has 6 aromatic rings. The van der Waals surface area contributed by atoms with Crippen LogP contribution in [0.1, 0.15) is 38.8 Å². The molecule has 4 nitrogen and oxygen atoms in total. The van der Waals surface area contributed by atoms with Crippen LogP contribution in [0, 0.1) is 0 Å². The van der Waals surface area contributed by atoms with Gasteiger partial charge in [-0.25, -0.2) is 9.56 Å². The first kappa shape index (κ1) is 26.7. The molecule has 0 spiro atoms. The Hall–Kier alpha value is -3.87. The van der Waals surface area contributed by atoms with Gasteiger partial charge in [0, 0.05) is 29.6 Å². The lowest BCUT2D eigenvalue weighted by Crippen LogP contribution is -2.26. The van der Waals surface area contributed by atoms with Gasteiger partial charge in [0.1, 0.15) is 5.52 Å². The van der Waals surface area contributed by atoms with E-state index in [1.54, 1.807) is 22.7 Å². The number of benzene rings is 4. The van der Waals surface area contributed by atoms with Gasteiger partial charge in [0.2, 0.25) is 0 Å². The van der Waals surface area contributed by atoms with Crippen molar-refractivity contribution in [3.05, 3.63) is 107 Å². The van der Waals surface area contributed by atoms with Gasteiger partial charge in [-0.05, 0) is 52.0 Å². The third kappa shape index (κ3) is 4.75. The average molecular weight is 550 g/mol. The number of fused-ring (bicyclic) bond motifs is 2. The number of nitrogens with zero attached hydrogens (tertiary/aromatic N) is 4. The third-order valence-corrected chi connectivity index (χ3v) is 8.82. The summed E-state index contributed by atoms with van der Waals surface area (Å²) >= 11 is 3.43. The van der Waals surface area contributed by atoms with E-state index in [-0.39, 0.29) is 0 Å². The second-order valence-electron chi connectivity index (χ2n) is 8.67. The van der Waals surface area contributed by atoms with E-state index in [0.29, 0.717) is 0 Å². The molecule has 7 rings (SSSR count). The number of aromatic nitrogens is 2. The maximum absolute atomic E-state index is 5.19. The van der Waals surface area contributed by atoms with Crippen LogP contribution in [0.3, 0.4) is 0 Å². The van der Waals surface area contributed by atoms with Crippen molar-refractivity contribution in [2.75, 3.05) is 0 Å². The molecule has 6 heteroatoms. The Morgan fingerprint density at radius 2 is 1.36 bits per heavy atom. The highest BCUT2D eigenvalue weighted by molar-refractivity contribution is 7.21. The second kappa shape index (κ2) is 11.5. The molecule has 0 fully saturated rings. The predicted octanol–water partition coefficient (Wildman–Crippen LogP) is 8.56. The van der Waals surface area contributed by atoms with E-state index in [9.17, 15) is 0 Å². The quantitative estimate of drug-likeness (QED) is 0.194. The summed E-state index contributed by atoms with van der Waals surface area (Å²) in [6.45, 7) is 8.00. The summed E-state index contributed by atoms with van der Waals surface area (Å²) in [5.74, 6) is 0. The molecule has 0 N–H and O–H groups in total. The molecular weight excluding hydrogens is 517 g/mol. The molecule has 2 heterocycles. The summed E-state index contributed by atoms with van der Waals surface area (Å²) in [5.41, 5.74) is 6.57. The summed E-state index contributed by atoms with van der Waals surface area (Å²) in [4.78, 5) is 11.4. The van der Waals surface area contributed by atoms with Crippen molar-refractivity contribution in [1.29, 1.82) is 0 Å². The Morgan fingerprint density at radius 3 is 2.08 bits per heavy atom. The number of thiazole rings is 2. The van der Waals surface area contributed by atoms with Gasteiger partial charge in [0.05, 0.1) is 27.7 Å². The molecule has 196 valence electrons. The van der Waals surface area contributed by atoms with Crippen LogP contribution in [0.4, 0.5) is 5.13 Å². The number of hydrogen-bond acceptors (Lipinski definition) is 4. The molecule has 0 saturated carbocycles. The van der Waals surface area contributed by atoms with Crippen LogP contribution in [0.15, 0.2) is 101 Å². The highest BCUT2D eigenvalue weighted by Gasteiger charge is 2.24. The minimum atomic E-state index is 0.943. The molecular formula is C33H33N4S2+. The number of hydrogen-bond donors (Lipinski definition) is 0. The summed E-state index contributed by atoms with van der Waals surface area (Å²) in [7, 11) is 4.17. The number of aliphatic imine (C=N–C) groups is 1. The molecule has 0 unspecified atom stereocenters. The molecule has 0 atom stereocenters. The van der Waals surface area contributed by atoms with E-state index in [1.807, 2.05) is 27.7 Å². The van der Waals surface area contributed by atoms with Gasteiger partial charge in [-0.3, -0.25) is 0 Å². The monoisotopic (exact) mass is 549 g/mol. The molecule has 2 aromatic heterocycles. The zero-order chi connectivity index (χ0) is 27.5. The second-order valence-corrected chi connectivity index (χ2v) is 10.7. The van der Waals surface area contributed by atoms with Crippen molar-refractivity contribution in [3.63, 3.8) is 0 Å². The average Bonchev–Trinajstić information content (AvgIpc) is 3.49. The Morgan fingerprint density at radius 1 is 0.692 bits per heavy atom. The molecule has 0 saturated heterocycles. The minimum Gasteiger partial charge on any atom is -0.320 e. The molecule has 0 amide bonds. The molecule has 39 heavy (non-hydrogen) atoms. The van der Waals surface area contributed by atoms with Gasteiger partial charge in [-0.1, -0.05) is 93.6 Å². The number of para-hydroxylation sites is 2. The summed E-state index contributed by atoms with van der Waals surface area (Å²) in [5, 5.41) is 3.39. The third-order valence-electron chi connectivity index (χ3n) is 6.59. The van der Waals surface area contributed by atoms with E-state index >= 15 is 0 Å². The van der Waals surface area contributed by atoms with Crippen molar-refractivity contribution in [3.8, 4) is 0 Å². The van der Waals surface area contributed by atoms with Crippen LogP contribution in [-0.4, -0.2) is 10.3 Å². The smallest absolute Gasteiger partial charge is 0.320 e. The van der Waals surface area contributed by atoms with Gasteiger partial charge < -0.3 is 4.57 Å². The van der Waals surface area contributed by atoms with Crippen LogP contribution in [0.25, 0.3) is 36.9 Å². The van der Waals surface area contributed by atoms with Crippen LogP contribution in [-0.2, 0) is 14.1 Å². The highest BCUT2D eigenvalue weighted by Crippen LogP contribution is 2.35. The first-order valence-corrected chi connectivity index (χ1v) is 15.1. The van der Waals surface area contributed by atoms with Gasteiger partial charge in [-0.15, -0.1) is 0 Å². The van der Waals surface area contributed by atoms with E-state index < -0.39 is 0 Å². The van der Waals surface area contributed by atoms with Crippen molar-refractivity contribution in [1.82, 2.24) is 4.57 Å². The Kier molecular flexibility index (Phi) is 7.87. The first-order chi connectivity index (χ1) is 19.2. The van der Waals surface area contributed by atoms with Crippen LogP contribution in [0.2, 0.25) is 0 Å². The Labute approximate surface area is 237 Å². The lowest BCUT2D eigenvalue weighted by molar-refractivity contribution is -0.627. The molecule has 0 radical (unpaired) electrons. The molecule has 4 aromatic carbocycles. The van der Waals surface area contributed by atoms with Crippen LogP contribution in [0.5, 0.6) is 0 Å². The summed E-state index contributed by atoms with van der Waals surface area (Å²) < 4.78 is 6.80. The topological polar surface area (TPSA) is 33.5 Å². The standard InChI is InChI=1S/C29H21N4S2.2C2H6/c1-32-23-13-3-5-15-25(23)34-28(32)30-21-17-22(20-12-8-10-18-9-7-11-19(21)27(18)20)31-29-33(2)24-14-4-6-16-26(24)35-29;2*1-2/h3-17H,1-2H3;2*1-2H3/q+1;;. The van der Waals surface area contributed by atoms with Crippen molar-refractivity contribution >= 4 is 70.4 Å². The van der Waals surface area contributed by atoms with Gasteiger partial charge >= 0.3 is 5.13 Å². The largest absolute Gasteiger partial charge is 0.383 e. The maximum atomic E-state index is 5.19. The lowest BCUT2D eigenvalue weighted by atomic mass is 9.90. The van der Waals surface area contributed by atoms with Crippen molar-refractivity contribution < 1.29 is 4.57 Å². The fourth-order valence-corrected chi connectivity index (χ4v) is 6.88. The fourth-order valence-electron chi connectivity index (χ4n) is 4.82. The molecule has 1 aliphatic rings. The maximum Gasteiger partial charge on any atom is 0.383 e. The minimum absolute atomic E-state index is 0.943. The molecule has 0 bridgehead atoms. The van der Waals surface area contributed by atoms with Crippen LogP contribution >= 0.6 is 22.7 Å². The summed E-state index contributed by atoms with van der Waals surface area (Å²) in [6, 6.07) is 29.8. The van der Waals surface area contributed by atoms with E-state index in [2.05, 4.69) is 114 Å². The highest BCUT2D eigenvalue weighted by atomic mass is 32.1. The fraction of sp³-hybridized carbons (Fsp3) is 0.182. The van der Waals surface area contributed by atoms with E-state index in [4.69, 9.17) is 9.98 Å². The van der Waals surface area contributed by atoms with Crippen molar-refractivity contribution in [2.24, 2.45) is 24.1 Å².